The van der Waals surface area contributed by atoms with Crippen LogP contribution >= 0.6 is 0 Å². The lowest BCUT2D eigenvalue weighted by atomic mass is 9.87. The SMILES string of the molecule is COc1cc2c(Oc3ccc(Nc4ccc(C(C)(C)C)cc4)cc3)ccnc2cc1OCC(CCO)CN1CCOCC1. The van der Waals surface area contributed by atoms with Gasteiger partial charge in [-0.05, 0) is 65.9 Å². The van der Waals surface area contributed by atoms with Crippen LogP contribution < -0.4 is 19.5 Å². The molecule has 3 aromatic carbocycles. The van der Waals surface area contributed by atoms with Crippen molar-refractivity contribution < 1.29 is 24.1 Å². The predicted molar refractivity (Wildman–Crippen MR) is 171 cm³/mol. The second kappa shape index (κ2) is 14.1. The van der Waals surface area contributed by atoms with Gasteiger partial charge in [-0.15, -0.1) is 0 Å². The molecule has 0 amide bonds. The average molecular weight is 586 g/mol. The smallest absolute Gasteiger partial charge is 0.163 e. The molecular weight excluding hydrogens is 542 g/mol. The van der Waals surface area contributed by atoms with Crippen molar-refractivity contribution in [2.45, 2.75) is 32.6 Å². The Balaban J connectivity index is 1.26. The van der Waals surface area contributed by atoms with Crippen molar-refractivity contribution >= 4 is 22.3 Å². The topological polar surface area (TPSA) is 85.3 Å². The highest BCUT2D eigenvalue weighted by Gasteiger charge is 2.19. The van der Waals surface area contributed by atoms with Gasteiger partial charge in [-0.25, -0.2) is 0 Å². The number of anilines is 2. The Morgan fingerprint density at radius 2 is 1.63 bits per heavy atom. The molecule has 5 rings (SSSR count). The molecule has 1 aliphatic rings. The van der Waals surface area contributed by atoms with Crippen LogP contribution in [0.5, 0.6) is 23.0 Å². The van der Waals surface area contributed by atoms with E-state index in [1.54, 1.807) is 13.3 Å². The van der Waals surface area contributed by atoms with Gasteiger partial charge in [0.1, 0.15) is 11.5 Å². The number of aromatic nitrogens is 1. The molecule has 1 saturated heterocycles. The molecule has 2 heterocycles. The van der Waals surface area contributed by atoms with Gasteiger partial charge >= 0.3 is 0 Å². The molecule has 2 N–H and O–H groups in total. The molecule has 1 aromatic heterocycles. The maximum Gasteiger partial charge on any atom is 0.163 e. The number of nitrogens with one attached hydrogen (secondary N) is 1. The Bertz CT molecular complexity index is 1460. The third kappa shape index (κ3) is 8.16. The largest absolute Gasteiger partial charge is 0.493 e. The van der Waals surface area contributed by atoms with Gasteiger partial charge in [0.25, 0.3) is 0 Å². The molecule has 8 nitrogen and oxygen atoms in total. The molecule has 0 aliphatic carbocycles. The van der Waals surface area contributed by atoms with Gasteiger partial charge in [0.15, 0.2) is 11.5 Å². The number of hydrogen-bond acceptors (Lipinski definition) is 8. The maximum atomic E-state index is 9.62. The summed E-state index contributed by atoms with van der Waals surface area (Å²) >= 11 is 0. The number of aliphatic hydroxyl groups is 1. The summed E-state index contributed by atoms with van der Waals surface area (Å²) in [5, 5.41) is 13.9. The van der Waals surface area contributed by atoms with E-state index >= 15 is 0 Å². The van der Waals surface area contributed by atoms with Crippen LogP contribution in [0.25, 0.3) is 10.9 Å². The number of pyridine rings is 1. The van der Waals surface area contributed by atoms with E-state index in [9.17, 15) is 5.11 Å². The summed E-state index contributed by atoms with van der Waals surface area (Å²) in [6, 6.07) is 22.1. The lowest BCUT2D eigenvalue weighted by Gasteiger charge is -2.30. The van der Waals surface area contributed by atoms with Gasteiger partial charge in [-0.2, -0.15) is 0 Å². The van der Waals surface area contributed by atoms with Gasteiger partial charge in [0, 0.05) is 61.2 Å². The quantitative estimate of drug-likeness (QED) is 0.188. The molecule has 43 heavy (non-hydrogen) atoms. The number of morpholine rings is 1. The summed E-state index contributed by atoms with van der Waals surface area (Å²) in [7, 11) is 1.63. The molecule has 228 valence electrons. The molecular formula is C35H43N3O5. The van der Waals surface area contributed by atoms with Crippen molar-refractivity contribution in [1.82, 2.24) is 9.88 Å². The van der Waals surface area contributed by atoms with Crippen molar-refractivity contribution in [3.63, 3.8) is 0 Å². The first-order valence-corrected chi connectivity index (χ1v) is 15.0. The zero-order valence-corrected chi connectivity index (χ0v) is 25.6. The van der Waals surface area contributed by atoms with Crippen molar-refractivity contribution in [2.75, 3.05) is 58.5 Å². The van der Waals surface area contributed by atoms with E-state index in [0.29, 0.717) is 30.3 Å². The standard InChI is InChI=1S/C35H43N3O5/c1-35(2,3)26-5-7-27(8-6-26)37-28-9-11-29(12-10-28)43-32-13-15-36-31-22-34(33(40-4)21-30(31)32)42-24-25(14-18-39)23-38-16-19-41-20-17-38/h5-13,15,21-22,25,37,39H,14,16-20,23-24H2,1-4H3. The highest BCUT2D eigenvalue weighted by molar-refractivity contribution is 5.88. The summed E-state index contributed by atoms with van der Waals surface area (Å²) in [4.78, 5) is 6.93. The van der Waals surface area contributed by atoms with Gasteiger partial charge < -0.3 is 29.4 Å². The minimum Gasteiger partial charge on any atom is -0.493 e. The third-order valence-electron chi connectivity index (χ3n) is 7.74. The fourth-order valence-corrected chi connectivity index (χ4v) is 5.21. The molecule has 0 bridgehead atoms. The molecule has 1 atom stereocenters. The summed E-state index contributed by atoms with van der Waals surface area (Å²) in [5.74, 6) is 2.81. The van der Waals surface area contributed by atoms with Crippen LogP contribution in [0.1, 0.15) is 32.8 Å². The van der Waals surface area contributed by atoms with Crippen LogP contribution in [0.2, 0.25) is 0 Å². The predicted octanol–water partition coefficient (Wildman–Crippen LogP) is 6.79. The number of benzene rings is 3. The molecule has 0 radical (unpaired) electrons. The number of hydrogen-bond donors (Lipinski definition) is 2. The molecule has 0 saturated carbocycles. The van der Waals surface area contributed by atoms with Crippen LogP contribution in [-0.4, -0.2) is 68.2 Å². The minimum absolute atomic E-state index is 0.122. The van der Waals surface area contributed by atoms with Crippen LogP contribution in [-0.2, 0) is 10.2 Å². The molecule has 8 heteroatoms. The highest BCUT2D eigenvalue weighted by atomic mass is 16.5. The van der Waals surface area contributed by atoms with E-state index < -0.39 is 0 Å². The Kier molecular flexibility index (Phi) is 10.0. The average Bonchev–Trinajstić information content (AvgIpc) is 3.01. The highest BCUT2D eigenvalue weighted by Crippen LogP contribution is 2.37. The molecule has 1 fully saturated rings. The Morgan fingerprint density at radius 3 is 2.28 bits per heavy atom. The number of ether oxygens (including phenoxy) is 4. The first kappa shape index (κ1) is 30.6. The van der Waals surface area contributed by atoms with E-state index in [1.807, 2.05) is 42.5 Å². The van der Waals surface area contributed by atoms with Gasteiger partial charge in [-0.1, -0.05) is 32.9 Å². The summed E-state index contributed by atoms with van der Waals surface area (Å²) in [5.41, 5.74) is 4.19. The molecule has 1 aliphatic heterocycles. The van der Waals surface area contributed by atoms with Crippen LogP contribution in [0.3, 0.4) is 0 Å². The number of fused-ring (bicyclic) bond motifs is 1. The summed E-state index contributed by atoms with van der Waals surface area (Å²) in [6.45, 7) is 11.4. The lowest BCUT2D eigenvalue weighted by Crippen LogP contribution is -2.40. The number of aliphatic hydroxyl groups excluding tert-OH is 1. The number of rotatable bonds is 12. The summed E-state index contributed by atoms with van der Waals surface area (Å²) < 4.78 is 23.7. The van der Waals surface area contributed by atoms with E-state index in [1.165, 1.54) is 5.56 Å². The van der Waals surface area contributed by atoms with E-state index in [4.69, 9.17) is 18.9 Å². The molecule has 4 aromatic rings. The number of nitrogens with zero attached hydrogens (tertiary/aromatic N) is 2. The zero-order chi connectivity index (χ0) is 30.2. The second-order valence-corrected chi connectivity index (χ2v) is 12.0. The first-order valence-electron chi connectivity index (χ1n) is 15.0. The van der Waals surface area contributed by atoms with Gasteiger partial charge in [-0.3, -0.25) is 9.88 Å². The monoisotopic (exact) mass is 585 g/mol. The van der Waals surface area contributed by atoms with Crippen molar-refractivity contribution in [3.8, 4) is 23.0 Å². The first-order chi connectivity index (χ1) is 20.8. The van der Waals surface area contributed by atoms with Crippen molar-refractivity contribution in [3.05, 3.63) is 78.5 Å². The minimum atomic E-state index is 0.122. The Labute approximate surface area is 254 Å². The Morgan fingerprint density at radius 1 is 0.930 bits per heavy atom. The zero-order valence-electron chi connectivity index (χ0n) is 25.6. The fraction of sp³-hybridized carbons (Fsp3) is 0.400. The number of methoxy groups -OCH3 is 1. The van der Waals surface area contributed by atoms with Gasteiger partial charge in [0.2, 0.25) is 0 Å². The third-order valence-corrected chi connectivity index (χ3v) is 7.74. The van der Waals surface area contributed by atoms with E-state index in [2.05, 4.69) is 60.2 Å². The maximum absolute atomic E-state index is 9.62. The fourth-order valence-electron chi connectivity index (χ4n) is 5.21. The normalized spacial score (nSPS) is 14.8. The molecule has 1 unspecified atom stereocenters. The van der Waals surface area contributed by atoms with E-state index in [-0.39, 0.29) is 17.9 Å². The van der Waals surface area contributed by atoms with Crippen LogP contribution in [0.15, 0.2) is 72.9 Å². The van der Waals surface area contributed by atoms with Crippen molar-refractivity contribution in [1.29, 1.82) is 0 Å². The van der Waals surface area contributed by atoms with Crippen molar-refractivity contribution in [2.24, 2.45) is 5.92 Å². The lowest BCUT2D eigenvalue weighted by molar-refractivity contribution is 0.0241. The van der Waals surface area contributed by atoms with Gasteiger partial charge in [0.05, 0.1) is 32.4 Å². The Hall–Kier alpha value is -3.85. The van der Waals surface area contributed by atoms with E-state index in [0.717, 1.165) is 60.9 Å². The second-order valence-electron chi connectivity index (χ2n) is 12.0. The summed E-state index contributed by atoms with van der Waals surface area (Å²) in [6.07, 6.45) is 2.40. The van der Waals surface area contributed by atoms with Crippen LogP contribution in [0.4, 0.5) is 11.4 Å². The molecule has 0 spiro atoms. The van der Waals surface area contributed by atoms with Crippen LogP contribution in [0, 0.1) is 5.92 Å².